The lowest BCUT2D eigenvalue weighted by Crippen LogP contribution is -2.32. The number of anilines is 1. The Morgan fingerprint density at radius 1 is 1.48 bits per heavy atom. The highest BCUT2D eigenvalue weighted by Gasteiger charge is 2.15. The fraction of sp³-hybridized carbons (Fsp3) is 0.538. The van der Waals surface area contributed by atoms with Crippen LogP contribution in [0.1, 0.15) is 26.1 Å². The lowest BCUT2D eigenvalue weighted by molar-refractivity contribution is 0.212. The molecule has 2 aromatic rings. The third-order valence-electron chi connectivity index (χ3n) is 3.36. The molecule has 0 aliphatic heterocycles. The van der Waals surface area contributed by atoms with E-state index in [0.717, 1.165) is 11.0 Å². The Bertz CT molecular complexity index is 654. The van der Waals surface area contributed by atoms with Gasteiger partial charge in [-0.15, -0.1) is 0 Å². The Morgan fingerprint density at radius 3 is 2.86 bits per heavy atom. The molecule has 0 aliphatic carbocycles. The molecule has 0 spiro atoms. The number of nitrogen functional groups attached to an aromatic ring is 1. The summed E-state index contributed by atoms with van der Waals surface area (Å²) in [6, 6.07) is 2.47. The van der Waals surface area contributed by atoms with Gasteiger partial charge in [0.15, 0.2) is 11.5 Å². The normalized spacial score (nSPS) is 11.3. The maximum atomic E-state index is 8.75. The topological polar surface area (TPSA) is 109 Å². The summed E-state index contributed by atoms with van der Waals surface area (Å²) in [5.41, 5.74) is 3.33. The summed E-state index contributed by atoms with van der Waals surface area (Å²) in [5, 5.41) is 13.7. The Kier molecular flexibility index (Phi) is 4.67. The van der Waals surface area contributed by atoms with E-state index in [9.17, 15) is 0 Å². The van der Waals surface area contributed by atoms with Crippen molar-refractivity contribution in [2.24, 2.45) is 12.9 Å². The smallest absolute Gasteiger partial charge is 0.163 e. The molecule has 0 radical (unpaired) electrons. The van der Waals surface area contributed by atoms with Crippen LogP contribution in [0.2, 0.25) is 0 Å². The second-order valence-corrected chi connectivity index (χ2v) is 5.11. The van der Waals surface area contributed by atoms with Gasteiger partial charge in [-0.2, -0.15) is 10.4 Å². The molecular formula is C13H20N8. The first kappa shape index (κ1) is 15.2. The predicted octanol–water partition coefficient (Wildman–Crippen LogP) is 0.773. The van der Waals surface area contributed by atoms with Gasteiger partial charge in [0, 0.05) is 26.1 Å². The lowest BCUT2D eigenvalue weighted by atomic mass is 10.3. The Hall–Kier alpha value is -2.24. The molecule has 0 unspecified atom stereocenters. The fourth-order valence-electron chi connectivity index (χ4n) is 2.14. The number of aryl methyl sites for hydroxylation is 1. The van der Waals surface area contributed by atoms with Crippen LogP contribution in [0.5, 0.6) is 0 Å². The predicted molar refractivity (Wildman–Crippen MR) is 79.9 cm³/mol. The first-order chi connectivity index (χ1) is 10.1. The molecule has 8 heteroatoms. The zero-order valence-corrected chi connectivity index (χ0v) is 12.5. The highest BCUT2D eigenvalue weighted by atomic mass is 15.3. The average molecular weight is 288 g/mol. The van der Waals surface area contributed by atoms with Crippen molar-refractivity contribution in [2.45, 2.75) is 32.9 Å². The number of rotatable bonds is 6. The summed E-state index contributed by atoms with van der Waals surface area (Å²) in [4.78, 5) is 11.1. The number of nitrogens with two attached hydrogens (primary N) is 1. The Balaban J connectivity index is 2.32. The quantitative estimate of drug-likeness (QED) is 0.597. The van der Waals surface area contributed by atoms with Crippen LogP contribution in [0.3, 0.4) is 0 Å². The summed E-state index contributed by atoms with van der Waals surface area (Å²) in [6.07, 6.45) is 2.17. The van der Waals surface area contributed by atoms with Crippen molar-refractivity contribution in [3.8, 4) is 6.07 Å². The molecule has 0 fully saturated rings. The van der Waals surface area contributed by atoms with Crippen molar-refractivity contribution < 1.29 is 0 Å². The van der Waals surface area contributed by atoms with Gasteiger partial charge in [-0.25, -0.2) is 15.8 Å². The molecule has 112 valence electrons. The van der Waals surface area contributed by atoms with E-state index >= 15 is 0 Å². The SMILES string of the molecule is CC(C)N(CCC#N)Cc1nc(NN)c2cnn(C)c2n1. The van der Waals surface area contributed by atoms with Crippen molar-refractivity contribution in [1.82, 2.24) is 24.6 Å². The molecule has 8 nitrogen and oxygen atoms in total. The summed E-state index contributed by atoms with van der Waals surface area (Å²) in [6.45, 7) is 5.42. The molecule has 0 saturated carbocycles. The minimum Gasteiger partial charge on any atom is -0.308 e. The highest BCUT2D eigenvalue weighted by Crippen LogP contribution is 2.19. The van der Waals surface area contributed by atoms with Gasteiger partial charge < -0.3 is 5.43 Å². The number of hydrogen-bond acceptors (Lipinski definition) is 7. The number of nitrogens with zero attached hydrogens (tertiary/aromatic N) is 6. The van der Waals surface area contributed by atoms with E-state index in [1.54, 1.807) is 10.9 Å². The summed E-state index contributed by atoms with van der Waals surface area (Å²) in [7, 11) is 1.83. The van der Waals surface area contributed by atoms with Gasteiger partial charge in [-0.05, 0) is 13.8 Å². The standard InChI is InChI=1S/C13H20N8/c1-9(2)21(6-4-5-14)8-11-17-12(19-15)10-7-16-20(3)13(10)18-11/h7,9H,4,6,8,15H2,1-3H3,(H,17,18,19). The van der Waals surface area contributed by atoms with Crippen LogP contribution in [-0.4, -0.2) is 37.2 Å². The zero-order chi connectivity index (χ0) is 15.4. The molecule has 21 heavy (non-hydrogen) atoms. The number of hydrogen-bond donors (Lipinski definition) is 2. The minimum atomic E-state index is 0.304. The van der Waals surface area contributed by atoms with Crippen LogP contribution < -0.4 is 11.3 Å². The van der Waals surface area contributed by atoms with Crippen LogP contribution in [0.25, 0.3) is 11.0 Å². The molecule has 0 aromatic carbocycles. The van der Waals surface area contributed by atoms with Crippen molar-refractivity contribution in [3.63, 3.8) is 0 Å². The van der Waals surface area contributed by atoms with Crippen LogP contribution in [0.15, 0.2) is 6.20 Å². The molecule has 0 saturated heterocycles. The molecule has 0 atom stereocenters. The van der Waals surface area contributed by atoms with Crippen molar-refractivity contribution in [2.75, 3.05) is 12.0 Å². The first-order valence-electron chi connectivity index (χ1n) is 6.83. The van der Waals surface area contributed by atoms with Gasteiger partial charge in [0.05, 0.1) is 24.2 Å². The molecule has 2 heterocycles. The largest absolute Gasteiger partial charge is 0.308 e. The third-order valence-corrected chi connectivity index (χ3v) is 3.36. The van der Waals surface area contributed by atoms with E-state index in [1.165, 1.54) is 0 Å². The zero-order valence-electron chi connectivity index (χ0n) is 12.5. The van der Waals surface area contributed by atoms with Crippen LogP contribution in [0.4, 0.5) is 5.82 Å². The highest BCUT2D eigenvalue weighted by molar-refractivity contribution is 5.86. The molecule has 2 aromatic heterocycles. The summed E-state index contributed by atoms with van der Waals surface area (Å²) < 4.78 is 1.69. The van der Waals surface area contributed by atoms with Gasteiger partial charge in [-0.3, -0.25) is 9.58 Å². The number of aromatic nitrogens is 4. The molecule has 3 N–H and O–H groups in total. The van der Waals surface area contributed by atoms with E-state index in [4.69, 9.17) is 11.1 Å². The second kappa shape index (κ2) is 6.47. The van der Waals surface area contributed by atoms with Crippen LogP contribution in [-0.2, 0) is 13.6 Å². The number of nitriles is 1. The van der Waals surface area contributed by atoms with Gasteiger partial charge in [-0.1, -0.05) is 0 Å². The second-order valence-electron chi connectivity index (χ2n) is 5.11. The summed E-state index contributed by atoms with van der Waals surface area (Å²) >= 11 is 0. The van der Waals surface area contributed by atoms with Crippen LogP contribution in [0, 0.1) is 11.3 Å². The molecule has 0 amide bonds. The van der Waals surface area contributed by atoms with Crippen molar-refractivity contribution in [3.05, 3.63) is 12.0 Å². The number of nitrogens with one attached hydrogen (secondary N) is 1. The molecule has 2 rings (SSSR count). The van der Waals surface area contributed by atoms with Gasteiger partial charge in [0.25, 0.3) is 0 Å². The van der Waals surface area contributed by atoms with Gasteiger partial charge in [0.1, 0.15) is 5.82 Å². The minimum absolute atomic E-state index is 0.304. The van der Waals surface area contributed by atoms with Crippen LogP contribution >= 0.6 is 0 Å². The average Bonchev–Trinajstić information content (AvgIpc) is 2.84. The maximum Gasteiger partial charge on any atom is 0.163 e. The lowest BCUT2D eigenvalue weighted by Gasteiger charge is -2.24. The molecule has 0 bridgehead atoms. The van der Waals surface area contributed by atoms with Gasteiger partial charge >= 0.3 is 0 Å². The monoisotopic (exact) mass is 288 g/mol. The number of fused-ring (bicyclic) bond motifs is 1. The number of hydrazine groups is 1. The van der Waals surface area contributed by atoms with E-state index < -0.39 is 0 Å². The Morgan fingerprint density at radius 2 is 2.24 bits per heavy atom. The third kappa shape index (κ3) is 3.26. The molecule has 0 aliphatic rings. The van der Waals surface area contributed by atoms with Crippen molar-refractivity contribution >= 4 is 16.9 Å². The molecular weight excluding hydrogens is 268 g/mol. The van der Waals surface area contributed by atoms with E-state index in [0.29, 0.717) is 37.2 Å². The van der Waals surface area contributed by atoms with E-state index in [-0.39, 0.29) is 0 Å². The summed E-state index contributed by atoms with van der Waals surface area (Å²) in [5.74, 6) is 6.75. The Labute approximate surface area is 123 Å². The van der Waals surface area contributed by atoms with E-state index in [1.807, 2.05) is 7.05 Å². The van der Waals surface area contributed by atoms with E-state index in [2.05, 4.69) is 45.3 Å². The maximum absolute atomic E-state index is 8.75. The first-order valence-corrected chi connectivity index (χ1v) is 6.83. The fourth-order valence-corrected chi connectivity index (χ4v) is 2.14. The van der Waals surface area contributed by atoms with Crippen molar-refractivity contribution in [1.29, 1.82) is 5.26 Å². The van der Waals surface area contributed by atoms with Gasteiger partial charge in [0.2, 0.25) is 0 Å².